The smallest absolute Gasteiger partial charge is 0.211 e. The Hall–Kier alpha value is -1.73. The maximum atomic E-state index is 13.6. The molecule has 1 aliphatic rings. The number of guanidine groups is 1. The number of phenolic OH excluding ortho intramolecular Hbond substituents is 1. The lowest BCUT2D eigenvalue weighted by molar-refractivity contribution is 0.472. The van der Waals surface area contributed by atoms with E-state index in [2.05, 4.69) is 31.0 Å². The van der Waals surface area contributed by atoms with Crippen molar-refractivity contribution >= 4 is 45.2 Å². The summed E-state index contributed by atoms with van der Waals surface area (Å²) in [6, 6.07) is 9.89. The van der Waals surface area contributed by atoms with Gasteiger partial charge in [-0.2, -0.15) is 0 Å². The molecule has 1 aliphatic heterocycles. The molecule has 2 aromatic rings. The first-order valence-corrected chi connectivity index (χ1v) is 7.30. The van der Waals surface area contributed by atoms with Crippen LogP contribution in [0.3, 0.4) is 0 Å². The molecule has 0 atom stereocenters. The van der Waals surface area contributed by atoms with Gasteiger partial charge in [-0.3, -0.25) is 4.72 Å². The van der Waals surface area contributed by atoms with Crippen molar-refractivity contribution in [2.45, 2.75) is 4.90 Å². The maximum absolute atomic E-state index is 13.6. The van der Waals surface area contributed by atoms with Gasteiger partial charge in [0.1, 0.15) is 11.5 Å². The molecule has 0 saturated heterocycles. The first-order chi connectivity index (χ1) is 9.65. The van der Waals surface area contributed by atoms with Crippen molar-refractivity contribution in [3.8, 4) is 5.75 Å². The van der Waals surface area contributed by atoms with E-state index in [1.807, 2.05) is 6.07 Å². The first-order valence-electron chi connectivity index (χ1n) is 5.70. The van der Waals surface area contributed by atoms with Gasteiger partial charge in [0, 0.05) is 0 Å². The molecular weight excluding hydrogens is 345 g/mol. The number of hydrogen-bond donors (Lipinski definition) is 3. The quantitative estimate of drug-likeness (QED) is 0.678. The molecule has 0 fully saturated rings. The predicted molar refractivity (Wildman–Crippen MR) is 81.9 cm³/mol. The number of benzene rings is 2. The van der Waals surface area contributed by atoms with E-state index in [0.717, 1.165) is 4.90 Å². The molecule has 3 rings (SSSR count). The summed E-state index contributed by atoms with van der Waals surface area (Å²) in [5.41, 5.74) is 0.763. The molecule has 7 heteroatoms. The molecule has 0 saturated carbocycles. The van der Waals surface area contributed by atoms with Gasteiger partial charge >= 0.3 is 0 Å². The van der Waals surface area contributed by atoms with Gasteiger partial charge in [-0.1, -0.05) is 12.1 Å². The number of fused-ring (bicyclic) bond motifs is 1. The molecule has 0 aromatic heterocycles. The summed E-state index contributed by atoms with van der Waals surface area (Å²) in [4.78, 5) is 5.07. The average molecular weight is 354 g/mol. The minimum absolute atomic E-state index is 0.0596. The van der Waals surface area contributed by atoms with E-state index in [4.69, 9.17) is 0 Å². The summed E-state index contributed by atoms with van der Waals surface area (Å²) in [5.74, 6) is 0.0524. The number of hydrogen-bond acceptors (Lipinski definition) is 5. The van der Waals surface area contributed by atoms with E-state index in [9.17, 15) is 9.50 Å². The van der Waals surface area contributed by atoms with E-state index in [1.54, 1.807) is 24.3 Å². The van der Waals surface area contributed by atoms with Crippen molar-refractivity contribution in [2.24, 2.45) is 4.99 Å². The molecule has 102 valence electrons. The zero-order valence-electron chi connectivity index (χ0n) is 10.0. The van der Waals surface area contributed by atoms with Crippen LogP contribution in [0.5, 0.6) is 5.75 Å². The molecule has 2 aromatic carbocycles. The molecule has 4 nitrogen and oxygen atoms in total. The summed E-state index contributed by atoms with van der Waals surface area (Å²) in [6.07, 6.45) is 0. The van der Waals surface area contributed by atoms with Crippen molar-refractivity contribution < 1.29 is 9.50 Å². The summed E-state index contributed by atoms with van der Waals surface area (Å²) in [6.45, 7) is 0. The summed E-state index contributed by atoms with van der Waals surface area (Å²) in [5, 5.41) is 12.8. The van der Waals surface area contributed by atoms with Crippen LogP contribution in [-0.2, 0) is 0 Å². The molecule has 20 heavy (non-hydrogen) atoms. The third kappa shape index (κ3) is 2.46. The van der Waals surface area contributed by atoms with Crippen LogP contribution in [0, 0.1) is 5.82 Å². The van der Waals surface area contributed by atoms with Crippen LogP contribution in [0.2, 0.25) is 0 Å². The lowest BCUT2D eigenvalue weighted by atomic mass is 10.3. The maximum Gasteiger partial charge on any atom is 0.211 e. The van der Waals surface area contributed by atoms with E-state index in [0.29, 0.717) is 21.8 Å². The normalized spacial score (nSPS) is 13.2. The Balaban J connectivity index is 1.95. The second-order valence-electron chi connectivity index (χ2n) is 4.01. The minimum Gasteiger partial charge on any atom is -0.505 e. The van der Waals surface area contributed by atoms with Gasteiger partial charge in [0.25, 0.3) is 0 Å². The van der Waals surface area contributed by atoms with Crippen LogP contribution in [0.25, 0.3) is 0 Å². The first kappa shape index (κ1) is 13.3. The predicted octanol–water partition coefficient (Wildman–Crippen LogP) is 4.00. The number of nitrogens with one attached hydrogen (secondary N) is 2. The van der Waals surface area contributed by atoms with Gasteiger partial charge in [-0.05, 0) is 52.1 Å². The Labute approximate surface area is 127 Å². The molecule has 0 aliphatic carbocycles. The standard InChI is InChI=1S/C13H9BrFN3OS/c14-7-5-6-10-11(12(7)19)17-13(18-20-10)16-9-4-2-1-3-8(9)15/h1-6,19H,(H2,16,17,18). The highest BCUT2D eigenvalue weighted by molar-refractivity contribution is 9.10. The van der Waals surface area contributed by atoms with Gasteiger partial charge in [0.2, 0.25) is 5.96 Å². The van der Waals surface area contributed by atoms with Gasteiger partial charge in [-0.25, -0.2) is 9.38 Å². The Morgan fingerprint density at radius 3 is 2.85 bits per heavy atom. The van der Waals surface area contributed by atoms with Gasteiger partial charge < -0.3 is 10.4 Å². The Morgan fingerprint density at radius 2 is 2.05 bits per heavy atom. The van der Waals surface area contributed by atoms with Crippen molar-refractivity contribution in [3.63, 3.8) is 0 Å². The van der Waals surface area contributed by atoms with Crippen molar-refractivity contribution in [1.82, 2.24) is 4.72 Å². The summed E-state index contributed by atoms with van der Waals surface area (Å²) < 4.78 is 17.1. The van der Waals surface area contributed by atoms with Crippen molar-refractivity contribution in [3.05, 3.63) is 46.7 Å². The van der Waals surface area contributed by atoms with Crippen LogP contribution in [0.1, 0.15) is 0 Å². The SMILES string of the molecule is Oc1c(Br)ccc2c1N=C(Nc1ccccc1F)NS2. The van der Waals surface area contributed by atoms with Crippen LogP contribution in [0.15, 0.2) is 50.8 Å². The topological polar surface area (TPSA) is 56.7 Å². The number of phenols is 1. The van der Waals surface area contributed by atoms with Gasteiger partial charge in [0.05, 0.1) is 15.1 Å². The molecule has 3 N–H and O–H groups in total. The molecular formula is C13H9BrFN3OS. The number of anilines is 1. The number of rotatable bonds is 1. The van der Waals surface area contributed by atoms with E-state index >= 15 is 0 Å². The fourth-order valence-corrected chi connectivity index (χ4v) is 2.71. The summed E-state index contributed by atoms with van der Waals surface area (Å²) >= 11 is 4.54. The monoisotopic (exact) mass is 353 g/mol. The summed E-state index contributed by atoms with van der Waals surface area (Å²) in [7, 11) is 0. The molecule has 0 bridgehead atoms. The van der Waals surface area contributed by atoms with E-state index in [-0.39, 0.29) is 11.6 Å². The number of para-hydroxylation sites is 1. The highest BCUT2D eigenvalue weighted by Gasteiger charge is 2.18. The molecule has 0 unspecified atom stereocenters. The van der Waals surface area contributed by atoms with Crippen LogP contribution in [0.4, 0.5) is 15.8 Å². The molecule has 0 spiro atoms. The zero-order valence-corrected chi connectivity index (χ0v) is 12.4. The average Bonchev–Trinajstić information content (AvgIpc) is 2.46. The number of aromatic hydroxyl groups is 1. The Kier molecular flexibility index (Phi) is 3.54. The molecule has 0 amide bonds. The second kappa shape index (κ2) is 5.34. The highest BCUT2D eigenvalue weighted by atomic mass is 79.9. The lowest BCUT2D eigenvalue weighted by Crippen LogP contribution is -2.27. The van der Waals surface area contributed by atoms with E-state index < -0.39 is 0 Å². The molecule has 1 heterocycles. The number of aliphatic imine (C=N–C) groups is 1. The third-order valence-electron chi connectivity index (χ3n) is 2.67. The lowest BCUT2D eigenvalue weighted by Gasteiger charge is -2.18. The van der Waals surface area contributed by atoms with Crippen LogP contribution in [-0.4, -0.2) is 11.1 Å². The van der Waals surface area contributed by atoms with Crippen molar-refractivity contribution in [1.29, 1.82) is 0 Å². The Morgan fingerprint density at radius 1 is 1.25 bits per heavy atom. The highest BCUT2D eigenvalue weighted by Crippen LogP contribution is 2.42. The molecule has 0 radical (unpaired) electrons. The van der Waals surface area contributed by atoms with Crippen LogP contribution < -0.4 is 10.0 Å². The van der Waals surface area contributed by atoms with Gasteiger partial charge in [0.15, 0.2) is 5.75 Å². The fraction of sp³-hybridized carbons (Fsp3) is 0. The van der Waals surface area contributed by atoms with E-state index in [1.165, 1.54) is 18.0 Å². The number of halogens is 2. The zero-order chi connectivity index (χ0) is 14.1. The third-order valence-corrected chi connectivity index (χ3v) is 4.16. The fourth-order valence-electron chi connectivity index (χ4n) is 1.71. The second-order valence-corrected chi connectivity index (χ2v) is 5.71. The van der Waals surface area contributed by atoms with Crippen LogP contribution >= 0.6 is 27.9 Å². The Bertz CT molecular complexity index is 708. The largest absolute Gasteiger partial charge is 0.505 e. The van der Waals surface area contributed by atoms with Crippen molar-refractivity contribution in [2.75, 3.05) is 5.32 Å². The minimum atomic E-state index is -0.369. The van der Waals surface area contributed by atoms with Gasteiger partial charge in [-0.15, -0.1) is 0 Å². The number of nitrogens with zero attached hydrogens (tertiary/aromatic N) is 1.